The fourth-order valence-corrected chi connectivity index (χ4v) is 8.33. The largest absolute Gasteiger partial charge is 0.395 e. The molecule has 0 fully saturated rings. The second-order valence-corrected chi connectivity index (χ2v) is 18.6. The first-order valence-electron chi connectivity index (χ1n) is 25.9. The summed E-state index contributed by atoms with van der Waals surface area (Å²) in [5.41, 5.74) is 11.8. The third-order valence-electron chi connectivity index (χ3n) is 12.7. The molecule has 0 bridgehead atoms. The van der Waals surface area contributed by atoms with Gasteiger partial charge < -0.3 is 60.9 Å². The van der Waals surface area contributed by atoms with E-state index < -0.39 is 0 Å². The number of anilines is 8. The van der Waals surface area contributed by atoms with Gasteiger partial charge in [0.15, 0.2) is 0 Å². The number of carbonyl (C=O) groups excluding carboxylic acids is 2. The summed E-state index contributed by atoms with van der Waals surface area (Å²) in [6, 6.07) is 38.4. The van der Waals surface area contributed by atoms with Crippen molar-refractivity contribution in [1.29, 1.82) is 0 Å². The molecule has 2 amide bonds. The normalized spacial score (nSPS) is 11.2. The van der Waals surface area contributed by atoms with Crippen molar-refractivity contribution in [3.05, 3.63) is 157 Å². The number of amides is 2. The molecule has 0 radical (unpaired) electrons. The maximum Gasteiger partial charge on any atom is 0.379 e. The van der Waals surface area contributed by atoms with Crippen LogP contribution >= 0.6 is 0 Å². The molecule has 0 unspecified atom stereocenters. The van der Waals surface area contributed by atoms with Gasteiger partial charge in [0.05, 0.1) is 63.8 Å². The molecule has 5 aromatic carbocycles. The van der Waals surface area contributed by atoms with Crippen LogP contribution in [0, 0.1) is 0 Å². The number of nitrogens with zero attached hydrogens (tertiary/aromatic N) is 10. The number of aliphatic hydroxyl groups is 4. The molecule has 77 heavy (non-hydrogen) atoms. The van der Waals surface area contributed by atoms with E-state index in [0.717, 1.165) is 64.3 Å². The predicted molar refractivity (Wildman–Crippen MR) is 307 cm³/mol. The summed E-state index contributed by atoms with van der Waals surface area (Å²) in [4.78, 5) is 35.8. The van der Waals surface area contributed by atoms with Gasteiger partial charge in [-0.25, -0.2) is 14.1 Å². The van der Waals surface area contributed by atoms with Crippen molar-refractivity contribution in [1.82, 2.24) is 24.6 Å². The zero-order chi connectivity index (χ0) is 54.9. The highest BCUT2D eigenvalue weighted by Gasteiger charge is 2.19. The lowest BCUT2D eigenvalue weighted by atomic mass is 10.1. The minimum Gasteiger partial charge on any atom is -0.395 e. The molecule has 0 spiro atoms. The Morgan fingerprint density at radius 3 is 1.49 bits per heavy atom. The first-order chi connectivity index (χ1) is 37.4. The van der Waals surface area contributed by atoms with Crippen LogP contribution in [-0.4, -0.2) is 159 Å². The van der Waals surface area contributed by atoms with E-state index in [1.807, 2.05) is 167 Å². The monoisotopic (exact) mass is 1050 g/mol. The number of nitrogens with one attached hydrogen (secondary N) is 4. The first-order valence-corrected chi connectivity index (χ1v) is 25.9. The Kier molecular flexibility index (Phi) is 22.9. The smallest absolute Gasteiger partial charge is 0.379 e. The fourth-order valence-electron chi connectivity index (χ4n) is 8.33. The average molecular weight is 1050 g/mol. The van der Waals surface area contributed by atoms with Gasteiger partial charge in [0, 0.05) is 132 Å². The molecule has 410 valence electrons. The van der Waals surface area contributed by atoms with Gasteiger partial charge in [-0.3, -0.25) is 9.59 Å². The number of aromatic nitrogens is 2. The maximum absolute atomic E-state index is 13.4. The van der Waals surface area contributed by atoms with E-state index in [4.69, 9.17) is 0 Å². The Morgan fingerprint density at radius 2 is 1.03 bits per heavy atom. The third kappa shape index (κ3) is 18.0. The molecule has 0 aliphatic rings. The van der Waals surface area contributed by atoms with Gasteiger partial charge in [0.25, 0.3) is 11.8 Å². The average Bonchev–Trinajstić information content (AvgIpc) is 3.79. The number of aliphatic hydroxyl groups excluding tert-OH is 4. The maximum atomic E-state index is 13.4. The van der Waals surface area contributed by atoms with Gasteiger partial charge in [0.1, 0.15) is 6.67 Å². The summed E-state index contributed by atoms with van der Waals surface area (Å²) in [6.07, 6.45) is 9.21. The SMILES string of the molecule is CN(C=CNCCCN(C)C(=O)c1ccc(C(=O)N(C)CCCn2cc[n+](C)c2NN(C)c2ccc(Nc3ccc(N(CCO)CCO)cc3)cc2)cc1)CN=Nc1ccc(Nc2ccc(N(CCO)CCO)cc2)cc1. The van der Waals surface area contributed by atoms with Crippen molar-refractivity contribution < 1.29 is 34.6 Å². The molecule has 6 aromatic rings. The molecule has 8 N–H and O–H groups in total. The Hall–Kier alpha value is -8.17. The van der Waals surface area contributed by atoms with Crippen LogP contribution in [0.15, 0.2) is 156 Å². The third-order valence-corrected chi connectivity index (χ3v) is 12.7. The number of hydrogen-bond donors (Lipinski definition) is 8. The Morgan fingerprint density at radius 1 is 0.584 bits per heavy atom. The van der Waals surface area contributed by atoms with Crippen LogP contribution in [0.3, 0.4) is 0 Å². The molecule has 0 aliphatic heterocycles. The van der Waals surface area contributed by atoms with Gasteiger partial charge in [-0.15, -0.1) is 0 Å². The fraction of sp³-hybridized carbons (Fsp3) is 0.351. The first kappa shape index (κ1) is 58.1. The summed E-state index contributed by atoms with van der Waals surface area (Å²) in [5, 5.41) is 58.0. The van der Waals surface area contributed by atoms with Gasteiger partial charge in [-0.05, 0) is 134 Å². The van der Waals surface area contributed by atoms with Crippen LogP contribution in [0.2, 0.25) is 0 Å². The van der Waals surface area contributed by atoms with Gasteiger partial charge in [-0.2, -0.15) is 15.7 Å². The molecule has 0 saturated carbocycles. The second-order valence-electron chi connectivity index (χ2n) is 18.6. The number of azo groups is 1. The van der Waals surface area contributed by atoms with Crippen molar-refractivity contribution in [2.24, 2.45) is 17.3 Å². The summed E-state index contributed by atoms with van der Waals surface area (Å²) < 4.78 is 4.14. The van der Waals surface area contributed by atoms with Crippen LogP contribution in [0.5, 0.6) is 0 Å². The molecular weight excluding hydrogens is 977 g/mol. The lowest BCUT2D eigenvalue weighted by molar-refractivity contribution is -0.656. The van der Waals surface area contributed by atoms with E-state index in [1.165, 1.54) is 0 Å². The Labute approximate surface area is 452 Å². The summed E-state index contributed by atoms with van der Waals surface area (Å²) in [6.45, 7) is 4.71. The van der Waals surface area contributed by atoms with Gasteiger partial charge >= 0.3 is 5.95 Å². The molecule has 20 heteroatoms. The Bertz CT molecular complexity index is 2740. The van der Waals surface area contributed by atoms with E-state index in [0.29, 0.717) is 70.2 Å². The van der Waals surface area contributed by atoms with Crippen LogP contribution < -0.4 is 40.8 Å². The minimum absolute atomic E-state index is 0.0157. The minimum atomic E-state index is -0.109. The summed E-state index contributed by atoms with van der Waals surface area (Å²) in [7, 11) is 9.43. The molecule has 1 heterocycles. The van der Waals surface area contributed by atoms with Crippen LogP contribution in [0.4, 0.5) is 51.4 Å². The van der Waals surface area contributed by atoms with Crippen molar-refractivity contribution in [3.63, 3.8) is 0 Å². The number of aryl methyl sites for hydroxylation is 2. The highest BCUT2D eigenvalue weighted by Crippen LogP contribution is 2.26. The van der Waals surface area contributed by atoms with Crippen LogP contribution in [0.25, 0.3) is 0 Å². The molecular formula is C57H77N14O6+. The molecule has 0 aliphatic carbocycles. The highest BCUT2D eigenvalue weighted by molar-refractivity contribution is 5.97. The number of hydrazine groups is 1. The molecule has 20 nitrogen and oxygen atoms in total. The lowest BCUT2D eigenvalue weighted by Crippen LogP contribution is -2.37. The van der Waals surface area contributed by atoms with E-state index in [9.17, 15) is 30.0 Å². The van der Waals surface area contributed by atoms with Gasteiger partial charge in [-0.1, -0.05) is 0 Å². The van der Waals surface area contributed by atoms with Crippen molar-refractivity contribution in [2.75, 3.05) is 138 Å². The highest BCUT2D eigenvalue weighted by atomic mass is 16.3. The quantitative estimate of drug-likeness (QED) is 0.0102. The Balaban J connectivity index is 0.852. The van der Waals surface area contributed by atoms with Crippen molar-refractivity contribution in [3.8, 4) is 0 Å². The molecule has 0 saturated heterocycles. The zero-order valence-corrected chi connectivity index (χ0v) is 45.0. The zero-order valence-electron chi connectivity index (χ0n) is 45.0. The molecule has 1 aromatic heterocycles. The number of hydrogen-bond acceptors (Lipinski definition) is 16. The van der Waals surface area contributed by atoms with Crippen LogP contribution in [0.1, 0.15) is 33.6 Å². The van der Waals surface area contributed by atoms with E-state index in [-0.39, 0.29) is 38.2 Å². The van der Waals surface area contributed by atoms with Crippen molar-refractivity contribution in [2.45, 2.75) is 19.4 Å². The van der Waals surface area contributed by atoms with Crippen molar-refractivity contribution >= 4 is 63.3 Å². The summed E-state index contributed by atoms with van der Waals surface area (Å²) >= 11 is 0. The van der Waals surface area contributed by atoms with E-state index in [2.05, 4.69) is 36.2 Å². The lowest BCUT2D eigenvalue weighted by Gasteiger charge is -2.23. The summed E-state index contributed by atoms with van der Waals surface area (Å²) in [5.74, 6) is 0.667. The van der Waals surface area contributed by atoms with E-state index in [1.54, 1.807) is 48.2 Å². The van der Waals surface area contributed by atoms with E-state index >= 15 is 0 Å². The second kappa shape index (κ2) is 30.4. The topological polar surface area (TPSA) is 216 Å². The number of benzene rings is 5. The number of rotatable bonds is 32. The standard InChI is InChI=1S/C57H76N14O6/c1-64(44-59-62-51-14-12-47(13-15-51)60-49-18-24-53(25-19-49)69(36-40-72)37-41-73)33-29-58-28-6-30-65(2)55(76)45-8-10-46(11-9-45)56(77)66(3)31-7-32-71-35-34-67(4)57(71)63-68(5)52-22-16-48(17-23-52)61-50-20-26-54(27-21-50)70(38-42-74)39-43-75/h8-27,29,33-35,58,61,72-75H,6-7,28,30-32,36-44H2,1-5H3,(H,59,60)/p+1. The predicted octanol–water partition coefficient (Wildman–Crippen LogP) is 6.20. The van der Waals surface area contributed by atoms with Crippen LogP contribution in [-0.2, 0) is 13.6 Å². The number of carbonyl (C=O) groups is 2. The molecule has 6 rings (SSSR count). The number of imidazole rings is 1. The molecule has 0 atom stereocenters. The van der Waals surface area contributed by atoms with Gasteiger partial charge in [0.2, 0.25) is 0 Å².